The zero-order valence-corrected chi connectivity index (χ0v) is 15.3. The van der Waals surface area contributed by atoms with Crippen molar-refractivity contribution in [2.75, 3.05) is 0 Å². The largest absolute Gasteiger partial charge is 0.485 e. The van der Waals surface area contributed by atoms with Gasteiger partial charge in [-0.05, 0) is 42.8 Å². The summed E-state index contributed by atoms with van der Waals surface area (Å²) in [7, 11) is 0. The maximum Gasteiger partial charge on any atom is 0.407 e. The number of nitrogens with one attached hydrogen (secondary N) is 1. The second-order valence-corrected chi connectivity index (χ2v) is 6.77. The number of halogens is 1. The fourth-order valence-electron chi connectivity index (χ4n) is 1.77. The first-order chi connectivity index (χ1) is 11.3. The Morgan fingerprint density at radius 2 is 2.04 bits per heavy atom. The Hall–Kier alpha value is -2.22. The Balaban J connectivity index is 1.96. The Bertz CT molecular complexity index is 704. The number of hydrogen-bond acceptors (Lipinski definition) is 6. The van der Waals surface area contributed by atoms with Crippen LogP contribution >= 0.6 is 15.9 Å². The van der Waals surface area contributed by atoms with Gasteiger partial charge in [0.1, 0.15) is 22.6 Å². The van der Waals surface area contributed by atoms with Crippen LogP contribution in [-0.4, -0.2) is 26.6 Å². The summed E-state index contributed by atoms with van der Waals surface area (Å²) in [5.74, 6) is 0.565. The second kappa shape index (κ2) is 8.05. The van der Waals surface area contributed by atoms with Crippen LogP contribution in [0.15, 0.2) is 35.5 Å². The van der Waals surface area contributed by atoms with Crippen molar-refractivity contribution in [3.05, 3.63) is 46.7 Å². The number of amides is 1. The lowest BCUT2D eigenvalue weighted by molar-refractivity contribution is 0.0523. The van der Waals surface area contributed by atoms with E-state index in [1.165, 1.54) is 0 Å². The molecule has 0 aliphatic heterocycles. The molecular weight excluding hydrogens is 376 g/mol. The monoisotopic (exact) mass is 394 g/mol. The summed E-state index contributed by atoms with van der Waals surface area (Å²) in [5, 5.41) is 2.70. The third-order valence-electron chi connectivity index (χ3n) is 2.72. The van der Waals surface area contributed by atoms with Gasteiger partial charge in [-0.15, -0.1) is 0 Å². The predicted octanol–water partition coefficient (Wildman–Crippen LogP) is 3.24. The molecule has 0 spiro atoms. The number of pyridine rings is 1. The maximum absolute atomic E-state index is 11.7. The number of nitrogens with zero attached hydrogens (tertiary/aromatic N) is 3. The van der Waals surface area contributed by atoms with Crippen LogP contribution in [0.25, 0.3) is 0 Å². The number of carbonyl (C=O) groups is 1. The van der Waals surface area contributed by atoms with E-state index >= 15 is 0 Å². The van der Waals surface area contributed by atoms with Crippen LogP contribution in [0.5, 0.6) is 5.75 Å². The lowest BCUT2D eigenvalue weighted by Gasteiger charge is -2.20. The Kier molecular flexibility index (Phi) is 6.08. The van der Waals surface area contributed by atoms with Crippen LogP contribution < -0.4 is 10.1 Å². The first kappa shape index (κ1) is 18.1. The number of rotatable bonds is 5. The van der Waals surface area contributed by atoms with Gasteiger partial charge in [-0.3, -0.25) is 9.97 Å². The summed E-state index contributed by atoms with van der Waals surface area (Å²) in [6, 6.07) is 1.78. The summed E-state index contributed by atoms with van der Waals surface area (Å²) < 4.78 is 11.6. The molecule has 8 heteroatoms. The fraction of sp³-hybridized carbons (Fsp3) is 0.375. The molecule has 128 valence electrons. The summed E-state index contributed by atoms with van der Waals surface area (Å²) in [4.78, 5) is 24.1. The van der Waals surface area contributed by atoms with Crippen molar-refractivity contribution in [2.24, 2.45) is 0 Å². The molecule has 0 unspecified atom stereocenters. The van der Waals surface area contributed by atoms with E-state index in [1.54, 1.807) is 30.9 Å². The number of alkyl carbamates (subject to hydrolysis) is 1. The highest BCUT2D eigenvalue weighted by Crippen LogP contribution is 2.18. The van der Waals surface area contributed by atoms with Gasteiger partial charge in [-0.25, -0.2) is 9.78 Å². The molecule has 2 rings (SSSR count). The van der Waals surface area contributed by atoms with Gasteiger partial charge in [-0.2, -0.15) is 0 Å². The lowest BCUT2D eigenvalue weighted by atomic mass is 10.2. The van der Waals surface area contributed by atoms with Gasteiger partial charge in [0.05, 0.1) is 24.3 Å². The summed E-state index contributed by atoms with van der Waals surface area (Å²) in [6.45, 7) is 5.96. The number of ether oxygens (including phenoxy) is 2. The first-order valence-corrected chi connectivity index (χ1v) is 8.12. The van der Waals surface area contributed by atoms with E-state index in [9.17, 15) is 4.79 Å². The molecule has 0 aliphatic carbocycles. The minimum Gasteiger partial charge on any atom is -0.485 e. The van der Waals surface area contributed by atoms with Crippen molar-refractivity contribution in [3.8, 4) is 5.75 Å². The van der Waals surface area contributed by atoms with Gasteiger partial charge in [0.15, 0.2) is 0 Å². The van der Waals surface area contributed by atoms with Crippen LogP contribution in [0, 0.1) is 0 Å². The molecule has 0 fully saturated rings. The molecule has 0 saturated carbocycles. The van der Waals surface area contributed by atoms with Gasteiger partial charge in [0, 0.05) is 18.3 Å². The van der Waals surface area contributed by atoms with Crippen molar-refractivity contribution >= 4 is 22.0 Å². The molecule has 0 bridgehead atoms. The molecule has 2 aromatic rings. The average molecular weight is 395 g/mol. The first-order valence-electron chi connectivity index (χ1n) is 7.32. The van der Waals surface area contributed by atoms with Gasteiger partial charge in [-0.1, -0.05) is 0 Å². The molecule has 7 nitrogen and oxygen atoms in total. The van der Waals surface area contributed by atoms with E-state index in [0.717, 1.165) is 5.56 Å². The third kappa shape index (κ3) is 6.11. The van der Waals surface area contributed by atoms with Gasteiger partial charge >= 0.3 is 6.09 Å². The fourth-order valence-corrected chi connectivity index (χ4v) is 2.11. The Morgan fingerprint density at radius 1 is 1.25 bits per heavy atom. The molecule has 2 aromatic heterocycles. The number of hydrogen-bond donors (Lipinski definition) is 1. The average Bonchev–Trinajstić information content (AvgIpc) is 2.50. The summed E-state index contributed by atoms with van der Waals surface area (Å²) >= 11 is 3.26. The van der Waals surface area contributed by atoms with E-state index < -0.39 is 11.7 Å². The number of aromatic nitrogens is 3. The van der Waals surface area contributed by atoms with Crippen LogP contribution in [0.4, 0.5) is 4.79 Å². The van der Waals surface area contributed by atoms with Crippen molar-refractivity contribution in [1.82, 2.24) is 20.3 Å². The van der Waals surface area contributed by atoms with Crippen molar-refractivity contribution in [3.63, 3.8) is 0 Å². The molecule has 0 aliphatic rings. The van der Waals surface area contributed by atoms with Gasteiger partial charge in [0.2, 0.25) is 0 Å². The Labute approximate surface area is 149 Å². The van der Waals surface area contributed by atoms with Gasteiger partial charge in [0.25, 0.3) is 0 Å². The second-order valence-electron chi connectivity index (χ2n) is 5.96. The zero-order chi connectivity index (χ0) is 17.6. The molecule has 2 heterocycles. The molecule has 0 saturated heterocycles. The van der Waals surface area contributed by atoms with E-state index in [2.05, 4.69) is 36.2 Å². The highest BCUT2D eigenvalue weighted by molar-refractivity contribution is 9.10. The highest BCUT2D eigenvalue weighted by atomic mass is 79.9. The highest BCUT2D eigenvalue weighted by Gasteiger charge is 2.16. The third-order valence-corrected chi connectivity index (χ3v) is 3.10. The van der Waals surface area contributed by atoms with Crippen LogP contribution in [0.1, 0.15) is 32.0 Å². The van der Waals surface area contributed by atoms with Crippen molar-refractivity contribution in [2.45, 2.75) is 39.5 Å². The zero-order valence-electron chi connectivity index (χ0n) is 13.7. The number of carbonyl (C=O) groups excluding carboxylic acids is 1. The standard InChI is InChI=1S/C16H19BrN4O3/c1-16(2,3)24-15(22)20-6-11-4-5-18-8-13(11)23-10-12-7-19-9-14(17)21-12/h4-5,7-9H,6,10H2,1-3H3,(H,20,22). The van der Waals surface area contributed by atoms with Crippen LogP contribution in [0.3, 0.4) is 0 Å². The minimum atomic E-state index is -0.541. The quantitative estimate of drug-likeness (QED) is 0.837. The Morgan fingerprint density at radius 3 is 2.75 bits per heavy atom. The molecular formula is C16H19BrN4O3. The van der Waals surface area contributed by atoms with E-state index in [1.807, 2.05) is 20.8 Å². The smallest absolute Gasteiger partial charge is 0.407 e. The van der Waals surface area contributed by atoms with Crippen molar-refractivity contribution < 1.29 is 14.3 Å². The van der Waals surface area contributed by atoms with Crippen LogP contribution in [0.2, 0.25) is 0 Å². The molecule has 1 amide bonds. The normalized spacial score (nSPS) is 11.0. The van der Waals surface area contributed by atoms with Gasteiger partial charge < -0.3 is 14.8 Å². The van der Waals surface area contributed by atoms with E-state index in [-0.39, 0.29) is 13.2 Å². The summed E-state index contributed by atoms with van der Waals surface area (Å²) in [6.07, 6.45) is 5.97. The topological polar surface area (TPSA) is 86.2 Å². The predicted molar refractivity (Wildman–Crippen MR) is 91.4 cm³/mol. The minimum absolute atomic E-state index is 0.248. The molecule has 0 radical (unpaired) electrons. The molecule has 24 heavy (non-hydrogen) atoms. The molecule has 0 atom stereocenters. The SMILES string of the molecule is CC(C)(C)OC(=O)NCc1ccncc1OCc1cncc(Br)n1. The van der Waals surface area contributed by atoms with E-state index in [0.29, 0.717) is 16.0 Å². The lowest BCUT2D eigenvalue weighted by Crippen LogP contribution is -2.32. The van der Waals surface area contributed by atoms with E-state index in [4.69, 9.17) is 9.47 Å². The summed E-state index contributed by atoms with van der Waals surface area (Å²) in [5.41, 5.74) is 0.930. The maximum atomic E-state index is 11.7. The molecule has 1 N–H and O–H groups in total. The van der Waals surface area contributed by atoms with Crippen LogP contribution in [-0.2, 0) is 17.9 Å². The van der Waals surface area contributed by atoms with Crippen molar-refractivity contribution in [1.29, 1.82) is 0 Å². The molecule has 0 aromatic carbocycles.